The van der Waals surface area contributed by atoms with E-state index in [0.29, 0.717) is 6.61 Å². The molecule has 0 radical (unpaired) electrons. The number of carbonyl (C=O) groups excluding carboxylic acids is 1. The first kappa shape index (κ1) is 12.3. The van der Waals surface area contributed by atoms with Gasteiger partial charge in [-0.25, -0.2) is 0 Å². The summed E-state index contributed by atoms with van der Waals surface area (Å²) < 4.78 is 10.3. The van der Waals surface area contributed by atoms with Gasteiger partial charge in [0.2, 0.25) is 0 Å². The van der Waals surface area contributed by atoms with Crippen LogP contribution in [-0.2, 0) is 9.53 Å². The molecule has 0 bridgehead atoms. The fraction of sp³-hybridized carbons (Fsp3) is 0.462. The molecule has 2 rings (SSSR count). The molecule has 1 aliphatic heterocycles. The van der Waals surface area contributed by atoms with Gasteiger partial charge in [0.05, 0.1) is 13.7 Å². The molecular weight excluding hydrogens is 236 g/mol. The molecule has 1 aromatic carbocycles. The van der Waals surface area contributed by atoms with E-state index in [1.807, 2.05) is 24.3 Å². The van der Waals surface area contributed by atoms with Crippen LogP contribution in [0.2, 0.25) is 0 Å². The summed E-state index contributed by atoms with van der Waals surface area (Å²) in [4.78, 5) is 11.4. The molecule has 0 amide bonds. The maximum absolute atomic E-state index is 11.4. The van der Waals surface area contributed by atoms with Gasteiger partial charge in [0.15, 0.2) is 0 Å². The Bertz CT molecular complexity index is 405. The van der Waals surface area contributed by atoms with E-state index in [4.69, 9.17) is 9.47 Å². The Hall–Kier alpha value is -1.16. The first-order valence-corrected chi connectivity index (χ1v) is 6.61. The molecule has 0 aliphatic carbocycles. The highest BCUT2D eigenvalue weighted by molar-refractivity contribution is 8.00. The van der Waals surface area contributed by atoms with Crippen LogP contribution in [-0.4, -0.2) is 24.9 Å². The highest BCUT2D eigenvalue weighted by Crippen LogP contribution is 2.39. The van der Waals surface area contributed by atoms with E-state index >= 15 is 0 Å². The van der Waals surface area contributed by atoms with Gasteiger partial charge in [0.1, 0.15) is 11.0 Å². The number of cyclic esters (lactones) is 1. The van der Waals surface area contributed by atoms with E-state index in [0.717, 1.165) is 17.7 Å². The second-order valence-corrected chi connectivity index (χ2v) is 5.51. The number of thioether (sulfide) groups is 1. The average molecular weight is 252 g/mol. The van der Waals surface area contributed by atoms with Crippen molar-refractivity contribution in [2.75, 3.05) is 13.7 Å². The molecule has 4 heteroatoms. The Morgan fingerprint density at radius 3 is 2.88 bits per heavy atom. The minimum Gasteiger partial charge on any atom is -0.496 e. The molecule has 1 aromatic rings. The van der Waals surface area contributed by atoms with Crippen molar-refractivity contribution in [1.82, 2.24) is 0 Å². The van der Waals surface area contributed by atoms with Crippen molar-refractivity contribution in [2.24, 2.45) is 0 Å². The Morgan fingerprint density at radius 1 is 1.47 bits per heavy atom. The SMILES string of the molecule is COc1ccccc1[C@H](C)S[C@@H]1CCOC1=O. The molecule has 1 heterocycles. The van der Waals surface area contributed by atoms with Crippen molar-refractivity contribution in [3.63, 3.8) is 0 Å². The molecule has 0 spiro atoms. The summed E-state index contributed by atoms with van der Waals surface area (Å²) in [5, 5.41) is 0.191. The van der Waals surface area contributed by atoms with Gasteiger partial charge in [-0.05, 0) is 13.0 Å². The van der Waals surface area contributed by atoms with E-state index in [1.54, 1.807) is 18.9 Å². The summed E-state index contributed by atoms with van der Waals surface area (Å²) in [5.74, 6) is 0.788. The number of rotatable bonds is 4. The Labute approximate surface area is 105 Å². The molecule has 3 nitrogen and oxygen atoms in total. The van der Waals surface area contributed by atoms with Crippen LogP contribution in [0.15, 0.2) is 24.3 Å². The van der Waals surface area contributed by atoms with Crippen LogP contribution in [0.5, 0.6) is 5.75 Å². The third-order valence-electron chi connectivity index (χ3n) is 2.83. The van der Waals surface area contributed by atoms with Gasteiger partial charge < -0.3 is 9.47 Å². The second-order valence-electron chi connectivity index (χ2n) is 3.97. The zero-order valence-corrected chi connectivity index (χ0v) is 10.8. The first-order chi connectivity index (χ1) is 8.22. The summed E-state index contributed by atoms with van der Waals surface area (Å²) in [6, 6.07) is 7.92. The highest BCUT2D eigenvalue weighted by Gasteiger charge is 2.29. The van der Waals surface area contributed by atoms with Crippen LogP contribution in [0, 0.1) is 0 Å². The van der Waals surface area contributed by atoms with Crippen molar-refractivity contribution < 1.29 is 14.3 Å². The molecule has 0 saturated carbocycles. The zero-order valence-electron chi connectivity index (χ0n) is 10.0. The largest absolute Gasteiger partial charge is 0.496 e. The lowest BCUT2D eigenvalue weighted by Gasteiger charge is -2.17. The normalized spacial score (nSPS) is 21.1. The number of benzene rings is 1. The first-order valence-electron chi connectivity index (χ1n) is 5.67. The van der Waals surface area contributed by atoms with Crippen molar-refractivity contribution in [3.05, 3.63) is 29.8 Å². The van der Waals surface area contributed by atoms with E-state index in [1.165, 1.54) is 0 Å². The molecule has 1 saturated heterocycles. The molecule has 17 heavy (non-hydrogen) atoms. The van der Waals surface area contributed by atoms with Crippen LogP contribution in [0.4, 0.5) is 0 Å². The number of hydrogen-bond donors (Lipinski definition) is 0. The van der Waals surface area contributed by atoms with E-state index < -0.39 is 0 Å². The summed E-state index contributed by atoms with van der Waals surface area (Å²) in [7, 11) is 1.67. The fourth-order valence-electron chi connectivity index (χ4n) is 1.92. The predicted molar refractivity (Wildman–Crippen MR) is 68.4 cm³/mol. The number of para-hydroxylation sites is 1. The topological polar surface area (TPSA) is 35.5 Å². The predicted octanol–water partition coefficient (Wildman–Crippen LogP) is 2.80. The Morgan fingerprint density at radius 2 is 2.24 bits per heavy atom. The number of carbonyl (C=O) groups is 1. The van der Waals surface area contributed by atoms with Crippen molar-refractivity contribution >= 4 is 17.7 Å². The molecule has 1 fully saturated rings. The van der Waals surface area contributed by atoms with E-state index in [2.05, 4.69) is 6.92 Å². The van der Waals surface area contributed by atoms with Crippen molar-refractivity contribution in [2.45, 2.75) is 23.8 Å². The Kier molecular flexibility index (Phi) is 3.94. The van der Waals surface area contributed by atoms with Gasteiger partial charge in [0, 0.05) is 17.2 Å². The molecule has 0 unspecified atom stereocenters. The van der Waals surface area contributed by atoms with Gasteiger partial charge in [0.25, 0.3) is 0 Å². The standard InChI is InChI=1S/C13H16O3S/c1-9(17-12-7-8-16-13(12)14)10-5-3-4-6-11(10)15-2/h3-6,9,12H,7-8H2,1-2H3/t9-,12+/m0/s1. The van der Waals surface area contributed by atoms with Crippen molar-refractivity contribution in [1.29, 1.82) is 0 Å². The molecular formula is C13H16O3S. The van der Waals surface area contributed by atoms with Crippen LogP contribution in [0.1, 0.15) is 24.2 Å². The number of esters is 1. The monoisotopic (exact) mass is 252 g/mol. The summed E-state index contributed by atoms with van der Waals surface area (Å²) >= 11 is 1.64. The number of hydrogen-bond acceptors (Lipinski definition) is 4. The van der Waals surface area contributed by atoms with Gasteiger partial charge in [-0.1, -0.05) is 18.2 Å². The molecule has 0 aromatic heterocycles. The van der Waals surface area contributed by atoms with Crippen LogP contribution in [0.25, 0.3) is 0 Å². The minimum atomic E-state index is -0.0863. The quantitative estimate of drug-likeness (QED) is 0.772. The number of methoxy groups -OCH3 is 1. The van der Waals surface area contributed by atoms with Crippen LogP contribution >= 0.6 is 11.8 Å². The van der Waals surface area contributed by atoms with Crippen LogP contribution in [0.3, 0.4) is 0 Å². The zero-order chi connectivity index (χ0) is 12.3. The fourth-order valence-corrected chi connectivity index (χ4v) is 3.17. The Balaban J connectivity index is 2.08. The lowest BCUT2D eigenvalue weighted by Crippen LogP contribution is -2.11. The summed E-state index contributed by atoms with van der Waals surface area (Å²) in [5.41, 5.74) is 1.12. The minimum absolute atomic E-state index is 0.0325. The third kappa shape index (κ3) is 2.75. The molecule has 92 valence electrons. The molecule has 2 atom stereocenters. The van der Waals surface area contributed by atoms with Crippen molar-refractivity contribution in [3.8, 4) is 5.75 Å². The maximum atomic E-state index is 11.4. The van der Waals surface area contributed by atoms with Gasteiger partial charge in [-0.3, -0.25) is 4.79 Å². The smallest absolute Gasteiger partial charge is 0.319 e. The second kappa shape index (κ2) is 5.45. The summed E-state index contributed by atoms with van der Waals surface area (Å²) in [6.45, 7) is 2.64. The van der Waals surface area contributed by atoms with Crippen LogP contribution < -0.4 is 4.74 Å². The lowest BCUT2D eigenvalue weighted by atomic mass is 10.1. The molecule has 1 aliphatic rings. The highest BCUT2D eigenvalue weighted by atomic mass is 32.2. The number of ether oxygens (including phenoxy) is 2. The van der Waals surface area contributed by atoms with E-state index in [-0.39, 0.29) is 16.5 Å². The lowest BCUT2D eigenvalue weighted by molar-refractivity contribution is -0.137. The van der Waals surface area contributed by atoms with Gasteiger partial charge >= 0.3 is 5.97 Å². The van der Waals surface area contributed by atoms with Gasteiger partial charge in [-0.2, -0.15) is 0 Å². The van der Waals surface area contributed by atoms with Gasteiger partial charge in [-0.15, -0.1) is 11.8 Å². The third-order valence-corrected chi connectivity index (χ3v) is 4.25. The van der Waals surface area contributed by atoms with E-state index in [9.17, 15) is 4.79 Å². The average Bonchev–Trinajstić information content (AvgIpc) is 2.75. The summed E-state index contributed by atoms with van der Waals surface area (Å²) in [6.07, 6.45) is 0.809. The maximum Gasteiger partial charge on any atom is 0.319 e. The molecule has 0 N–H and O–H groups in total.